The zero-order chi connectivity index (χ0) is 16.4. The summed E-state index contributed by atoms with van der Waals surface area (Å²) >= 11 is 0. The Morgan fingerprint density at radius 2 is 1.78 bits per heavy atom. The predicted molar refractivity (Wildman–Crippen MR) is 89.4 cm³/mol. The minimum atomic E-state index is -0.384. The van der Waals surface area contributed by atoms with Crippen molar-refractivity contribution in [3.8, 4) is 5.75 Å². The molecule has 3 rings (SSSR count). The summed E-state index contributed by atoms with van der Waals surface area (Å²) in [5, 5.41) is 12.8. The highest BCUT2D eigenvalue weighted by molar-refractivity contribution is 5.84. The van der Waals surface area contributed by atoms with Gasteiger partial charge in [0.2, 0.25) is 0 Å². The zero-order valence-electron chi connectivity index (χ0n) is 13.3. The molecule has 0 atom stereocenters. The molecule has 0 bridgehead atoms. The zero-order valence-corrected chi connectivity index (χ0v) is 13.3. The van der Waals surface area contributed by atoms with Gasteiger partial charge in [0.05, 0.1) is 0 Å². The summed E-state index contributed by atoms with van der Waals surface area (Å²) in [7, 11) is 0. The number of phenols is 1. The van der Waals surface area contributed by atoms with E-state index in [0.29, 0.717) is 17.7 Å². The van der Waals surface area contributed by atoms with Crippen molar-refractivity contribution in [2.24, 2.45) is 0 Å². The fourth-order valence-corrected chi connectivity index (χ4v) is 2.70. The van der Waals surface area contributed by atoms with E-state index in [1.54, 1.807) is 19.1 Å². The summed E-state index contributed by atoms with van der Waals surface area (Å²) in [5.74, 6) is 0.140. The molecule has 0 aliphatic heterocycles. The number of fused-ring (bicyclic) bond motifs is 1. The van der Waals surface area contributed by atoms with Gasteiger partial charge in [-0.25, -0.2) is 4.79 Å². The van der Waals surface area contributed by atoms with Crippen LogP contribution in [0.15, 0.2) is 51.7 Å². The molecule has 0 spiro atoms. The molecule has 0 amide bonds. The van der Waals surface area contributed by atoms with Gasteiger partial charge in [0.15, 0.2) is 0 Å². The van der Waals surface area contributed by atoms with Crippen LogP contribution in [0.5, 0.6) is 5.75 Å². The van der Waals surface area contributed by atoms with Crippen molar-refractivity contribution in [1.29, 1.82) is 0 Å². The molecule has 118 valence electrons. The highest BCUT2D eigenvalue weighted by Gasteiger charge is 2.11. The lowest BCUT2D eigenvalue weighted by atomic mass is 10.1. The maximum Gasteiger partial charge on any atom is 0.336 e. The topological polar surface area (TPSA) is 67.0 Å². The lowest BCUT2D eigenvalue weighted by Gasteiger charge is -2.08. The molecule has 2 aromatic carbocycles. The van der Waals surface area contributed by atoms with Gasteiger partial charge in [0, 0.05) is 28.1 Å². The van der Waals surface area contributed by atoms with Crippen LogP contribution < -0.4 is 10.9 Å². The van der Waals surface area contributed by atoms with E-state index < -0.39 is 0 Å². The number of benzene rings is 2. The minimum absolute atomic E-state index is 0.140. The lowest BCUT2D eigenvalue weighted by Crippen LogP contribution is -2.80. The molecule has 3 N–H and O–H groups in total. The molecule has 1 heterocycles. The summed E-state index contributed by atoms with van der Waals surface area (Å²) in [5.41, 5.74) is 4.10. The monoisotopic (exact) mass is 310 g/mol. The number of quaternary nitrogens is 1. The van der Waals surface area contributed by atoms with Crippen molar-refractivity contribution in [3.63, 3.8) is 0 Å². The smallest absolute Gasteiger partial charge is 0.336 e. The van der Waals surface area contributed by atoms with Crippen LogP contribution >= 0.6 is 0 Å². The fraction of sp³-hybridized carbons (Fsp3) is 0.211. The van der Waals surface area contributed by atoms with Crippen molar-refractivity contribution in [2.45, 2.75) is 26.9 Å². The molecular formula is C19H20NO3+. The van der Waals surface area contributed by atoms with Gasteiger partial charge in [-0.2, -0.15) is 0 Å². The van der Waals surface area contributed by atoms with E-state index in [1.165, 1.54) is 17.2 Å². The molecule has 0 saturated carbocycles. The standard InChI is InChI=1S/C19H19NO3/c1-12-3-5-14(6-4-12)10-20-11-15-9-18(22)23-19-13(2)17(21)8-7-16(15)19/h3-9,20-21H,10-11H2,1-2H3/p+1. The molecule has 0 saturated heterocycles. The quantitative estimate of drug-likeness (QED) is 0.727. The number of aromatic hydroxyl groups is 1. The molecule has 23 heavy (non-hydrogen) atoms. The summed E-state index contributed by atoms with van der Waals surface area (Å²) in [6, 6.07) is 13.4. The van der Waals surface area contributed by atoms with Crippen molar-refractivity contribution in [3.05, 3.63) is 75.1 Å². The Morgan fingerprint density at radius 3 is 2.52 bits per heavy atom. The molecule has 4 nitrogen and oxygen atoms in total. The summed E-state index contributed by atoms with van der Waals surface area (Å²) < 4.78 is 5.26. The van der Waals surface area contributed by atoms with E-state index in [1.807, 2.05) is 0 Å². The van der Waals surface area contributed by atoms with Crippen LogP contribution in [0, 0.1) is 13.8 Å². The van der Waals surface area contributed by atoms with Gasteiger partial charge in [-0.3, -0.25) is 0 Å². The van der Waals surface area contributed by atoms with Crippen LogP contribution in [0.3, 0.4) is 0 Å². The van der Waals surface area contributed by atoms with Crippen molar-refractivity contribution in [1.82, 2.24) is 0 Å². The van der Waals surface area contributed by atoms with Gasteiger partial charge >= 0.3 is 5.63 Å². The van der Waals surface area contributed by atoms with E-state index in [-0.39, 0.29) is 11.4 Å². The van der Waals surface area contributed by atoms with E-state index in [2.05, 4.69) is 36.5 Å². The Labute approximate surface area is 134 Å². The first-order valence-corrected chi connectivity index (χ1v) is 7.67. The third kappa shape index (κ3) is 3.27. The first-order valence-electron chi connectivity index (χ1n) is 7.67. The number of hydrogen-bond acceptors (Lipinski definition) is 3. The van der Waals surface area contributed by atoms with Crippen LogP contribution in [0.2, 0.25) is 0 Å². The van der Waals surface area contributed by atoms with Gasteiger partial charge in [-0.1, -0.05) is 29.8 Å². The van der Waals surface area contributed by atoms with Crippen LogP contribution in [-0.4, -0.2) is 5.11 Å². The molecule has 0 unspecified atom stereocenters. The van der Waals surface area contributed by atoms with Crippen molar-refractivity contribution >= 4 is 11.0 Å². The average Bonchev–Trinajstić information content (AvgIpc) is 2.53. The number of rotatable bonds is 4. The Kier molecular flexibility index (Phi) is 4.17. The van der Waals surface area contributed by atoms with E-state index in [4.69, 9.17) is 4.42 Å². The fourth-order valence-electron chi connectivity index (χ4n) is 2.70. The van der Waals surface area contributed by atoms with Gasteiger partial charge in [-0.05, 0) is 26.0 Å². The highest BCUT2D eigenvalue weighted by Crippen LogP contribution is 2.26. The summed E-state index contributed by atoms with van der Waals surface area (Å²) in [6.07, 6.45) is 0. The summed E-state index contributed by atoms with van der Waals surface area (Å²) in [4.78, 5) is 11.8. The maximum absolute atomic E-state index is 11.8. The molecule has 0 radical (unpaired) electrons. The number of nitrogens with two attached hydrogens (primary N) is 1. The third-order valence-corrected chi connectivity index (χ3v) is 4.08. The number of aryl methyl sites for hydroxylation is 2. The van der Waals surface area contributed by atoms with Gasteiger partial charge in [-0.15, -0.1) is 0 Å². The van der Waals surface area contributed by atoms with Crippen molar-refractivity contribution in [2.75, 3.05) is 0 Å². The number of hydrogen-bond donors (Lipinski definition) is 2. The van der Waals surface area contributed by atoms with Crippen LogP contribution in [-0.2, 0) is 13.1 Å². The Bertz CT molecular complexity index is 895. The molecule has 0 fully saturated rings. The lowest BCUT2D eigenvalue weighted by molar-refractivity contribution is -0.686. The largest absolute Gasteiger partial charge is 0.508 e. The molecular weight excluding hydrogens is 290 g/mol. The van der Waals surface area contributed by atoms with Crippen LogP contribution in [0.4, 0.5) is 0 Å². The van der Waals surface area contributed by atoms with Crippen LogP contribution in [0.25, 0.3) is 11.0 Å². The molecule has 0 aliphatic carbocycles. The molecule has 1 aromatic heterocycles. The third-order valence-electron chi connectivity index (χ3n) is 4.08. The first kappa shape index (κ1) is 15.3. The number of phenolic OH excluding ortho intramolecular Hbond substituents is 1. The van der Waals surface area contributed by atoms with E-state index in [9.17, 15) is 9.90 Å². The Hall–Kier alpha value is -2.59. The van der Waals surface area contributed by atoms with Gasteiger partial charge in [0.25, 0.3) is 0 Å². The molecule has 4 heteroatoms. The van der Waals surface area contributed by atoms with E-state index in [0.717, 1.165) is 17.5 Å². The Balaban J connectivity index is 1.84. The molecule has 3 aromatic rings. The van der Waals surface area contributed by atoms with Crippen molar-refractivity contribution < 1.29 is 14.8 Å². The van der Waals surface area contributed by atoms with E-state index >= 15 is 0 Å². The normalized spacial score (nSPS) is 11.0. The second-order valence-corrected chi connectivity index (χ2v) is 5.86. The minimum Gasteiger partial charge on any atom is -0.508 e. The van der Waals surface area contributed by atoms with Gasteiger partial charge in [0.1, 0.15) is 24.4 Å². The second kappa shape index (κ2) is 6.26. The predicted octanol–water partition coefficient (Wildman–Crippen LogP) is 2.38. The highest BCUT2D eigenvalue weighted by atomic mass is 16.4. The summed E-state index contributed by atoms with van der Waals surface area (Å²) in [6.45, 7) is 5.35. The second-order valence-electron chi connectivity index (χ2n) is 5.86. The maximum atomic E-state index is 11.8. The first-order chi connectivity index (χ1) is 11.0. The average molecular weight is 310 g/mol. The van der Waals surface area contributed by atoms with Gasteiger partial charge < -0.3 is 14.8 Å². The molecule has 0 aliphatic rings. The van der Waals surface area contributed by atoms with Crippen LogP contribution in [0.1, 0.15) is 22.3 Å². The SMILES string of the molecule is Cc1ccc(C[NH2+]Cc2cc(=O)oc3c(C)c(O)ccc23)cc1. The Morgan fingerprint density at radius 1 is 1.04 bits per heavy atom.